The number of rotatable bonds is 4. The van der Waals surface area contributed by atoms with Crippen LogP contribution in [0.25, 0.3) is 0 Å². The molecule has 1 heterocycles. The number of methoxy groups -OCH3 is 1. The van der Waals surface area contributed by atoms with Crippen LogP contribution in [0, 0.1) is 6.92 Å². The molecule has 2 rings (SSSR count). The SMILES string of the molecule is COC(=O)c1cccnc1COc1cccc(O)c1C. The first-order valence-electron chi connectivity index (χ1n) is 6.07. The lowest BCUT2D eigenvalue weighted by Crippen LogP contribution is -2.10. The summed E-state index contributed by atoms with van der Waals surface area (Å²) in [6.07, 6.45) is 1.58. The topological polar surface area (TPSA) is 68.7 Å². The van der Waals surface area contributed by atoms with Crippen molar-refractivity contribution in [3.8, 4) is 11.5 Å². The summed E-state index contributed by atoms with van der Waals surface area (Å²) in [4.78, 5) is 15.7. The van der Waals surface area contributed by atoms with E-state index >= 15 is 0 Å². The monoisotopic (exact) mass is 273 g/mol. The van der Waals surface area contributed by atoms with Gasteiger partial charge < -0.3 is 14.6 Å². The van der Waals surface area contributed by atoms with Gasteiger partial charge in [0, 0.05) is 11.8 Å². The third-order valence-electron chi connectivity index (χ3n) is 2.92. The third kappa shape index (κ3) is 2.88. The number of ether oxygens (including phenoxy) is 2. The fourth-order valence-electron chi connectivity index (χ4n) is 1.75. The molecule has 1 N–H and O–H groups in total. The van der Waals surface area contributed by atoms with Gasteiger partial charge in [-0.15, -0.1) is 0 Å². The predicted octanol–water partition coefficient (Wildman–Crippen LogP) is 2.46. The number of hydrogen-bond donors (Lipinski definition) is 1. The molecule has 0 radical (unpaired) electrons. The Balaban J connectivity index is 2.19. The summed E-state index contributed by atoms with van der Waals surface area (Å²) in [6.45, 7) is 1.87. The Bertz CT molecular complexity index is 625. The molecule has 2 aromatic rings. The number of carbonyl (C=O) groups excluding carboxylic acids is 1. The zero-order valence-corrected chi connectivity index (χ0v) is 11.3. The van der Waals surface area contributed by atoms with Gasteiger partial charge in [-0.3, -0.25) is 4.98 Å². The van der Waals surface area contributed by atoms with Crippen LogP contribution in [0.1, 0.15) is 21.6 Å². The molecule has 0 atom stereocenters. The van der Waals surface area contributed by atoms with Crippen LogP contribution < -0.4 is 4.74 Å². The van der Waals surface area contributed by atoms with Gasteiger partial charge in [-0.2, -0.15) is 0 Å². The number of pyridine rings is 1. The maximum absolute atomic E-state index is 11.6. The first-order chi connectivity index (χ1) is 9.63. The fourth-order valence-corrected chi connectivity index (χ4v) is 1.75. The van der Waals surface area contributed by atoms with E-state index in [4.69, 9.17) is 9.47 Å². The van der Waals surface area contributed by atoms with Crippen LogP contribution in [0.15, 0.2) is 36.5 Å². The van der Waals surface area contributed by atoms with Crippen LogP contribution in [0.5, 0.6) is 11.5 Å². The summed E-state index contributed by atoms with van der Waals surface area (Å²) in [7, 11) is 1.32. The smallest absolute Gasteiger partial charge is 0.339 e. The molecule has 20 heavy (non-hydrogen) atoms. The molecule has 0 saturated carbocycles. The Hall–Kier alpha value is -2.56. The molecule has 5 nitrogen and oxygen atoms in total. The molecule has 0 aliphatic carbocycles. The number of nitrogens with zero attached hydrogens (tertiary/aromatic N) is 1. The minimum atomic E-state index is -0.454. The van der Waals surface area contributed by atoms with E-state index in [0.29, 0.717) is 22.6 Å². The third-order valence-corrected chi connectivity index (χ3v) is 2.92. The van der Waals surface area contributed by atoms with Crippen molar-refractivity contribution in [3.05, 3.63) is 53.3 Å². The molecule has 0 unspecified atom stereocenters. The second-order valence-corrected chi connectivity index (χ2v) is 4.18. The lowest BCUT2D eigenvalue weighted by molar-refractivity contribution is 0.0597. The zero-order chi connectivity index (χ0) is 14.5. The van der Waals surface area contributed by atoms with E-state index in [-0.39, 0.29) is 12.4 Å². The number of aromatic nitrogens is 1. The Kier molecular flexibility index (Phi) is 4.20. The maximum Gasteiger partial charge on any atom is 0.339 e. The Morgan fingerprint density at radius 1 is 1.30 bits per heavy atom. The second-order valence-electron chi connectivity index (χ2n) is 4.18. The van der Waals surface area contributed by atoms with Crippen LogP contribution in [-0.4, -0.2) is 23.2 Å². The molecule has 0 aliphatic rings. The van der Waals surface area contributed by atoms with Crippen molar-refractivity contribution < 1.29 is 19.4 Å². The van der Waals surface area contributed by atoms with E-state index in [1.54, 1.807) is 43.5 Å². The van der Waals surface area contributed by atoms with E-state index in [9.17, 15) is 9.90 Å². The molecule has 0 bridgehead atoms. The maximum atomic E-state index is 11.6. The standard InChI is InChI=1S/C15H15NO4/c1-10-13(17)6-3-7-14(10)20-9-12-11(15(18)19-2)5-4-8-16-12/h3-8,17H,9H2,1-2H3. The quantitative estimate of drug-likeness (QED) is 0.867. The van der Waals surface area contributed by atoms with Crippen molar-refractivity contribution in [2.24, 2.45) is 0 Å². The predicted molar refractivity (Wildman–Crippen MR) is 72.8 cm³/mol. The number of esters is 1. The summed E-state index contributed by atoms with van der Waals surface area (Å²) in [5.74, 6) is 0.257. The van der Waals surface area contributed by atoms with E-state index in [0.717, 1.165) is 0 Å². The van der Waals surface area contributed by atoms with Crippen LogP contribution in [0.3, 0.4) is 0 Å². The van der Waals surface area contributed by atoms with Gasteiger partial charge in [0.15, 0.2) is 0 Å². The van der Waals surface area contributed by atoms with Crippen molar-refractivity contribution >= 4 is 5.97 Å². The molecule has 0 aliphatic heterocycles. The molecular formula is C15H15NO4. The summed E-state index contributed by atoms with van der Waals surface area (Å²) >= 11 is 0. The van der Waals surface area contributed by atoms with E-state index in [2.05, 4.69) is 4.98 Å². The number of carbonyl (C=O) groups is 1. The van der Waals surface area contributed by atoms with E-state index < -0.39 is 5.97 Å². The van der Waals surface area contributed by atoms with Gasteiger partial charge in [-0.05, 0) is 31.2 Å². The number of benzene rings is 1. The van der Waals surface area contributed by atoms with Crippen molar-refractivity contribution in [3.63, 3.8) is 0 Å². The van der Waals surface area contributed by atoms with Crippen LogP contribution in [0.2, 0.25) is 0 Å². The largest absolute Gasteiger partial charge is 0.508 e. The molecular weight excluding hydrogens is 258 g/mol. The highest BCUT2D eigenvalue weighted by Crippen LogP contribution is 2.26. The number of phenols is 1. The van der Waals surface area contributed by atoms with Crippen molar-refractivity contribution in [1.82, 2.24) is 4.98 Å². The highest BCUT2D eigenvalue weighted by molar-refractivity contribution is 5.90. The first-order valence-corrected chi connectivity index (χ1v) is 6.07. The van der Waals surface area contributed by atoms with Crippen LogP contribution in [0.4, 0.5) is 0 Å². The van der Waals surface area contributed by atoms with Gasteiger partial charge in [0.25, 0.3) is 0 Å². The van der Waals surface area contributed by atoms with Gasteiger partial charge in [0.1, 0.15) is 18.1 Å². The van der Waals surface area contributed by atoms with Crippen molar-refractivity contribution in [2.45, 2.75) is 13.5 Å². The number of hydrogen-bond acceptors (Lipinski definition) is 5. The minimum absolute atomic E-state index is 0.121. The molecule has 0 fully saturated rings. The average Bonchev–Trinajstić information content (AvgIpc) is 2.48. The molecule has 0 amide bonds. The summed E-state index contributed by atoms with van der Waals surface area (Å²) < 4.78 is 10.3. The second kappa shape index (κ2) is 6.06. The van der Waals surface area contributed by atoms with Crippen LogP contribution in [-0.2, 0) is 11.3 Å². The molecule has 1 aromatic heterocycles. The van der Waals surface area contributed by atoms with Gasteiger partial charge in [0.05, 0.1) is 18.4 Å². The lowest BCUT2D eigenvalue weighted by atomic mass is 10.2. The van der Waals surface area contributed by atoms with E-state index in [1.165, 1.54) is 7.11 Å². The van der Waals surface area contributed by atoms with Crippen molar-refractivity contribution in [1.29, 1.82) is 0 Å². The Labute approximate surface area is 116 Å². The summed E-state index contributed by atoms with van der Waals surface area (Å²) in [5, 5.41) is 9.61. The summed E-state index contributed by atoms with van der Waals surface area (Å²) in [5.41, 5.74) is 1.50. The molecule has 0 saturated heterocycles. The molecule has 0 spiro atoms. The number of aromatic hydroxyl groups is 1. The number of phenolic OH excluding ortho intramolecular Hbond substituents is 1. The van der Waals surface area contributed by atoms with Gasteiger partial charge >= 0.3 is 5.97 Å². The average molecular weight is 273 g/mol. The van der Waals surface area contributed by atoms with Gasteiger partial charge in [-0.1, -0.05) is 6.07 Å². The normalized spacial score (nSPS) is 10.1. The fraction of sp³-hybridized carbons (Fsp3) is 0.200. The lowest BCUT2D eigenvalue weighted by Gasteiger charge is -2.11. The minimum Gasteiger partial charge on any atom is -0.508 e. The first kappa shape index (κ1) is 13.9. The highest BCUT2D eigenvalue weighted by Gasteiger charge is 2.13. The van der Waals surface area contributed by atoms with Gasteiger partial charge in [-0.25, -0.2) is 4.79 Å². The molecule has 1 aromatic carbocycles. The summed E-state index contributed by atoms with van der Waals surface area (Å²) in [6, 6.07) is 8.32. The van der Waals surface area contributed by atoms with Crippen LogP contribution >= 0.6 is 0 Å². The zero-order valence-electron chi connectivity index (χ0n) is 11.3. The Morgan fingerprint density at radius 3 is 2.85 bits per heavy atom. The van der Waals surface area contributed by atoms with Gasteiger partial charge in [0.2, 0.25) is 0 Å². The highest BCUT2D eigenvalue weighted by atomic mass is 16.5. The molecule has 5 heteroatoms. The Morgan fingerprint density at radius 2 is 2.10 bits per heavy atom. The molecule has 104 valence electrons. The van der Waals surface area contributed by atoms with Crippen molar-refractivity contribution in [2.75, 3.05) is 7.11 Å². The van der Waals surface area contributed by atoms with E-state index in [1.807, 2.05) is 0 Å².